The number of carbonyl (C=O) groups is 1. The van der Waals surface area contributed by atoms with E-state index >= 15 is 0 Å². The fourth-order valence-corrected chi connectivity index (χ4v) is 3.61. The minimum Gasteiger partial charge on any atom is -0.490 e. The highest BCUT2D eigenvalue weighted by Gasteiger charge is 2.35. The van der Waals surface area contributed by atoms with Crippen LogP contribution in [0.15, 0.2) is 28.8 Å². The van der Waals surface area contributed by atoms with Crippen molar-refractivity contribution in [2.75, 3.05) is 20.3 Å². The molecule has 1 aromatic carbocycles. The summed E-state index contributed by atoms with van der Waals surface area (Å²) in [6, 6.07) is 2.66. The van der Waals surface area contributed by atoms with Crippen molar-refractivity contribution < 1.29 is 31.9 Å². The van der Waals surface area contributed by atoms with Gasteiger partial charge >= 0.3 is 12.1 Å². The molecule has 11 heteroatoms. The van der Waals surface area contributed by atoms with E-state index in [4.69, 9.17) is 13.9 Å². The van der Waals surface area contributed by atoms with Gasteiger partial charge in [0, 0.05) is 19.7 Å². The molecule has 2 atom stereocenters. The number of ether oxygens (including phenoxy) is 2. The van der Waals surface area contributed by atoms with Crippen LogP contribution in [0.5, 0.6) is 5.75 Å². The van der Waals surface area contributed by atoms with E-state index in [0.717, 1.165) is 25.0 Å². The molecule has 2 fully saturated rings. The van der Waals surface area contributed by atoms with E-state index in [1.54, 1.807) is 0 Å². The van der Waals surface area contributed by atoms with Crippen molar-refractivity contribution in [1.82, 2.24) is 15.2 Å². The summed E-state index contributed by atoms with van der Waals surface area (Å²) >= 11 is 0. The second kappa shape index (κ2) is 8.70. The molecule has 4 rings (SSSR count). The Morgan fingerprint density at radius 2 is 2.19 bits per heavy atom. The summed E-state index contributed by atoms with van der Waals surface area (Å²) in [6.45, 7) is 0.666. The zero-order chi connectivity index (χ0) is 22.9. The Balaban J connectivity index is 1.52. The number of oxazole rings is 1. The van der Waals surface area contributed by atoms with Crippen LogP contribution in [-0.2, 0) is 10.9 Å². The average molecular weight is 450 g/mol. The number of amides is 1. The number of hydrogen-bond acceptors (Lipinski definition) is 7. The number of likely N-dealkylation sites (tertiary alicyclic amines) is 1. The van der Waals surface area contributed by atoms with Crippen molar-refractivity contribution in [3.05, 3.63) is 35.9 Å². The molecule has 8 nitrogen and oxygen atoms in total. The van der Waals surface area contributed by atoms with Gasteiger partial charge in [-0.05, 0) is 37.5 Å². The first kappa shape index (κ1) is 22.0. The molecule has 0 spiro atoms. The maximum atomic E-state index is 13.2. The predicted octanol–water partition coefficient (Wildman–Crippen LogP) is 3.20. The van der Waals surface area contributed by atoms with Gasteiger partial charge in [0.1, 0.15) is 5.75 Å². The summed E-state index contributed by atoms with van der Waals surface area (Å²) in [7, 11) is 1.53. The maximum Gasteiger partial charge on any atom is 0.416 e. The van der Waals surface area contributed by atoms with Crippen molar-refractivity contribution in [3.8, 4) is 23.3 Å². The third-order valence-corrected chi connectivity index (χ3v) is 5.33. The third kappa shape index (κ3) is 4.80. The molecule has 1 saturated heterocycles. The number of halogens is 3. The minimum absolute atomic E-state index is 0.000710. The summed E-state index contributed by atoms with van der Waals surface area (Å²) in [5.41, 5.74) is -0.778. The number of rotatable bonds is 7. The smallest absolute Gasteiger partial charge is 0.416 e. The van der Waals surface area contributed by atoms with Gasteiger partial charge in [0.05, 0.1) is 36.1 Å². The highest BCUT2D eigenvalue weighted by atomic mass is 19.4. The molecule has 1 aliphatic heterocycles. The molecule has 32 heavy (non-hydrogen) atoms. The Labute approximate surface area is 181 Å². The van der Waals surface area contributed by atoms with Gasteiger partial charge in [-0.2, -0.15) is 18.4 Å². The summed E-state index contributed by atoms with van der Waals surface area (Å²) in [5, 5.41) is 12.0. The van der Waals surface area contributed by atoms with Crippen molar-refractivity contribution in [3.63, 3.8) is 0 Å². The van der Waals surface area contributed by atoms with Crippen LogP contribution in [0.3, 0.4) is 0 Å². The summed E-state index contributed by atoms with van der Waals surface area (Å²) in [5.74, 6) is -0.659. The molecule has 0 unspecified atom stereocenters. The van der Waals surface area contributed by atoms with Gasteiger partial charge in [0.25, 0.3) is 5.89 Å². The Bertz CT molecular complexity index is 1030. The molecule has 1 aromatic heterocycles. The second-order valence-corrected chi connectivity index (χ2v) is 7.82. The van der Waals surface area contributed by atoms with Crippen molar-refractivity contribution >= 4 is 5.91 Å². The summed E-state index contributed by atoms with van der Waals surface area (Å²) in [6.07, 6.45) is 0.856. The lowest BCUT2D eigenvalue weighted by Gasteiger charge is -2.15. The van der Waals surface area contributed by atoms with E-state index in [1.807, 2.05) is 0 Å². The number of hydrogen-bond donors (Lipinski definition) is 1. The molecule has 170 valence electrons. The van der Waals surface area contributed by atoms with Crippen LogP contribution >= 0.6 is 0 Å². The molecular formula is C21H21F3N4O4. The molecule has 1 N–H and O–H groups in total. The molecule has 2 aliphatic rings. The number of methoxy groups -OCH3 is 1. The van der Waals surface area contributed by atoms with Gasteiger partial charge in [0.2, 0.25) is 0 Å². The Hall–Kier alpha value is -3.26. The number of nitrogens with one attached hydrogen (secondary N) is 1. The average Bonchev–Trinajstić information content (AvgIpc) is 3.27. The van der Waals surface area contributed by atoms with E-state index in [0.29, 0.717) is 19.6 Å². The van der Waals surface area contributed by atoms with Crippen molar-refractivity contribution in [1.29, 1.82) is 5.26 Å². The fraction of sp³-hybridized carbons (Fsp3) is 0.476. The lowest BCUT2D eigenvalue weighted by molar-refractivity contribution is -0.137. The van der Waals surface area contributed by atoms with Crippen LogP contribution in [-0.4, -0.2) is 54.2 Å². The number of nitrogens with zero attached hydrogens (tertiary/aromatic N) is 3. The van der Waals surface area contributed by atoms with E-state index in [-0.39, 0.29) is 41.2 Å². The Kier molecular flexibility index (Phi) is 5.97. The number of alkyl halides is 3. The first-order valence-corrected chi connectivity index (χ1v) is 10.1. The van der Waals surface area contributed by atoms with E-state index in [2.05, 4.69) is 16.5 Å². The van der Waals surface area contributed by atoms with Crippen molar-refractivity contribution in [2.24, 2.45) is 0 Å². The first-order valence-electron chi connectivity index (χ1n) is 10.1. The van der Waals surface area contributed by atoms with Gasteiger partial charge < -0.3 is 24.1 Å². The molecule has 1 aliphatic carbocycles. The Morgan fingerprint density at radius 3 is 2.84 bits per heavy atom. The quantitative estimate of drug-likeness (QED) is 0.647. The van der Waals surface area contributed by atoms with Crippen LogP contribution in [0.4, 0.5) is 13.2 Å². The lowest BCUT2D eigenvalue weighted by Crippen LogP contribution is -2.36. The van der Waals surface area contributed by atoms with Gasteiger partial charge in [0.15, 0.2) is 12.0 Å². The lowest BCUT2D eigenvalue weighted by atomic mass is 10.1. The highest BCUT2D eigenvalue weighted by molar-refractivity contribution is 5.90. The van der Waals surface area contributed by atoms with Gasteiger partial charge in [-0.25, -0.2) is 4.98 Å². The van der Waals surface area contributed by atoms with Crippen LogP contribution in [0.2, 0.25) is 0 Å². The molecule has 1 saturated carbocycles. The standard InChI is InChI=1S/C21H21F3N4O4/c1-30-10-14-7-13(9-28(14)11-25)27-19(29)20-26-8-18(32-20)16-6-12(21(22,23)24)2-5-17(16)31-15-3-4-15/h2,5-6,8,13-15H,3-4,7,9-10H2,1H3,(H,27,29)/t13-,14-/m1/s1. The number of aromatic nitrogens is 1. The molecule has 1 amide bonds. The van der Waals surface area contributed by atoms with Crippen molar-refractivity contribution in [2.45, 2.75) is 43.6 Å². The molecule has 0 bridgehead atoms. The monoisotopic (exact) mass is 450 g/mol. The topological polar surface area (TPSA) is 101 Å². The molecule has 2 aromatic rings. The van der Waals surface area contributed by atoms with Gasteiger partial charge in [-0.15, -0.1) is 0 Å². The SMILES string of the molecule is COC[C@H]1C[C@@H](NC(=O)c2ncc(-c3cc(C(F)(F)F)ccc3OC3CC3)o2)CN1C#N. The number of benzene rings is 1. The number of carbonyl (C=O) groups excluding carboxylic acids is 1. The molecular weight excluding hydrogens is 429 g/mol. The van der Waals surface area contributed by atoms with Crippen LogP contribution in [0.25, 0.3) is 11.3 Å². The maximum absolute atomic E-state index is 13.2. The minimum atomic E-state index is -4.54. The van der Waals surface area contributed by atoms with E-state index < -0.39 is 17.6 Å². The first-order chi connectivity index (χ1) is 15.3. The predicted molar refractivity (Wildman–Crippen MR) is 104 cm³/mol. The zero-order valence-electron chi connectivity index (χ0n) is 17.2. The van der Waals surface area contributed by atoms with E-state index in [1.165, 1.54) is 24.3 Å². The molecule has 2 heterocycles. The van der Waals surface area contributed by atoms with Crippen LogP contribution in [0.1, 0.15) is 35.5 Å². The normalized spacial score (nSPS) is 20.8. The highest BCUT2D eigenvalue weighted by Crippen LogP contribution is 2.39. The summed E-state index contributed by atoms with van der Waals surface area (Å²) in [4.78, 5) is 18.1. The Morgan fingerprint density at radius 1 is 1.41 bits per heavy atom. The zero-order valence-corrected chi connectivity index (χ0v) is 17.2. The van der Waals surface area contributed by atoms with E-state index in [9.17, 15) is 23.2 Å². The summed E-state index contributed by atoms with van der Waals surface area (Å²) < 4.78 is 55.9. The second-order valence-electron chi connectivity index (χ2n) is 7.82. The van der Waals surface area contributed by atoms with Crippen LogP contribution in [0, 0.1) is 11.5 Å². The largest absolute Gasteiger partial charge is 0.490 e. The third-order valence-electron chi connectivity index (χ3n) is 5.33. The fourth-order valence-electron chi connectivity index (χ4n) is 3.61. The number of nitriles is 1. The van der Waals surface area contributed by atoms with Gasteiger partial charge in [-0.3, -0.25) is 4.79 Å². The van der Waals surface area contributed by atoms with Gasteiger partial charge in [-0.1, -0.05) is 0 Å². The van der Waals surface area contributed by atoms with Crippen LogP contribution < -0.4 is 10.1 Å². The molecule has 0 radical (unpaired) electrons.